The molecule has 2 unspecified atom stereocenters. The van der Waals surface area contributed by atoms with E-state index in [0.29, 0.717) is 17.8 Å². The van der Waals surface area contributed by atoms with E-state index in [1.807, 2.05) is 24.3 Å². The molecule has 1 aromatic heterocycles. The molecule has 0 aliphatic carbocycles. The molecule has 11 heteroatoms. The number of amides is 1. The lowest BCUT2D eigenvalue weighted by atomic mass is 9.92. The Morgan fingerprint density at radius 1 is 0.976 bits per heavy atom. The van der Waals surface area contributed by atoms with Crippen LogP contribution in [0.1, 0.15) is 36.2 Å². The predicted octanol–water partition coefficient (Wildman–Crippen LogP) is 3.73. The van der Waals surface area contributed by atoms with Crippen molar-refractivity contribution >= 4 is 27.6 Å². The highest BCUT2D eigenvalue weighted by Gasteiger charge is 2.38. The zero-order chi connectivity index (χ0) is 30.0. The fraction of sp³-hybridized carbons (Fsp3) is 0.258. The number of fused-ring (bicyclic) bond motifs is 1. The molecule has 1 N–H and O–H groups in total. The number of carbonyl (C=O) groups excluding carboxylic acids is 2. The first kappa shape index (κ1) is 29.0. The normalized spacial score (nSPS) is 15.9. The molecular weight excluding hydrogens is 556 g/mol. The summed E-state index contributed by atoms with van der Waals surface area (Å²) >= 11 is 0. The molecule has 1 aliphatic heterocycles. The Kier molecular flexibility index (Phi) is 8.15. The Hall–Kier alpha value is -4.48. The van der Waals surface area contributed by atoms with Gasteiger partial charge in [0.15, 0.2) is 6.10 Å². The molecular formula is C31H32N4O6S. The van der Waals surface area contributed by atoms with Gasteiger partial charge in [0.25, 0.3) is 11.5 Å². The SMILES string of the molecule is Cc1c(NC(=O)C(C)OC(=O)CC2c3ccccc3CCN2S(=O)(=O)c2ccccc2)c(=O)n(-c2ccccc2)n1C. The maximum absolute atomic E-state index is 13.6. The minimum absolute atomic E-state index is 0.0792. The van der Waals surface area contributed by atoms with Crippen molar-refractivity contribution < 1.29 is 22.7 Å². The van der Waals surface area contributed by atoms with Crippen LogP contribution in [0.25, 0.3) is 5.69 Å². The van der Waals surface area contributed by atoms with Gasteiger partial charge >= 0.3 is 5.97 Å². The van der Waals surface area contributed by atoms with Gasteiger partial charge in [-0.25, -0.2) is 13.1 Å². The molecule has 1 amide bonds. The molecule has 2 atom stereocenters. The monoisotopic (exact) mass is 588 g/mol. The standard InChI is InChI=1S/C31H32N4O6S/c1-21-29(31(38)35(33(21)3)24-13-6-4-7-14-24)32-30(37)22(2)41-28(36)20-27-26-17-11-10-12-23(26)18-19-34(27)42(39,40)25-15-8-5-9-16-25/h4-17,22,27H,18-20H2,1-3H3,(H,32,37). The van der Waals surface area contributed by atoms with Crippen molar-refractivity contribution in [2.45, 2.75) is 43.7 Å². The summed E-state index contributed by atoms with van der Waals surface area (Å²) in [5, 5.41) is 2.61. The number of benzene rings is 3. The molecule has 0 spiro atoms. The molecule has 42 heavy (non-hydrogen) atoms. The number of rotatable bonds is 8. The van der Waals surface area contributed by atoms with Gasteiger partial charge in [0, 0.05) is 13.6 Å². The van der Waals surface area contributed by atoms with Crippen LogP contribution in [0.15, 0.2) is 94.6 Å². The third kappa shape index (κ3) is 5.53. The molecule has 2 heterocycles. The number of sulfonamides is 1. The van der Waals surface area contributed by atoms with E-state index in [-0.39, 0.29) is 23.5 Å². The largest absolute Gasteiger partial charge is 0.452 e. The van der Waals surface area contributed by atoms with Crippen molar-refractivity contribution in [2.24, 2.45) is 7.05 Å². The molecule has 1 aliphatic rings. The molecule has 3 aromatic carbocycles. The van der Waals surface area contributed by atoms with Crippen molar-refractivity contribution in [3.63, 3.8) is 0 Å². The number of nitrogens with zero attached hydrogens (tertiary/aromatic N) is 3. The summed E-state index contributed by atoms with van der Waals surface area (Å²) in [7, 11) is -2.20. The van der Waals surface area contributed by atoms with Crippen molar-refractivity contribution in [1.29, 1.82) is 0 Å². The van der Waals surface area contributed by atoms with Crippen LogP contribution in [0.3, 0.4) is 0 Å². The number of aromatic nitrogens is 2. The number of hydrogen-bond donors (Lipinski definition) is 1. The van der Waals surface area contributed by atoms with Crippen LogP contribution < -0.4 is 10.9 Å². The minimum atomic E-state index is -3.91. The van der Waals surface area contributed by atoms with Crippen molar-refractivity contribution in [2.75, 3.05) is 11.9 Å². The number of esters is 1. The second-order valence-electron chi connectivity index (χ2n) is 10.2. The molecule has 10 nitrogen and oxygen atoms in total. The lowest BCUT2D eigenvalue weighted by Crippen LogP contribution is -2.41. The maximum Gasteiger partial charge on any atom is 0.308 e. The Morgan fingerprint density at radius 3 is 2.29 bits per heavy atom. The van der Waals surface area contributed by atoms with Crippen LogP contribution in [-0.2, 0) is 37.8 Å². The Morgan fingerprint density at radius 2 is 1.60 bits per heavy atom. The summed E-state index contributed by atoms with van der Waals surface area (Å²) in [5.74, 6) is -1.41. The second-order valence-corrected chi connectivity index (χ2v) is 12.0. The number of hydrogen-bond acceptors (Lipinski definition) is 6. The highest BCUT2D eigenvalue weighted by atomic mass is 32.2. The van der Waals surface area contributed by atoms with E-state index in [4.69, 9.17) is 4.74 Å². The molecule has 0 saturated carbocycles. The van der Waals surface area contributed by atoms with Crippen LogP contribution in [0.4, 0.5) is 5.69 Å². The lowest BCUT2D eigenvalue weighted by molar-refractivity contribution is -0.154. The lowest BCUT2D eigenvalue weighted by Gasteiger charge is -2.36. The zero-order valence-electron chi connectivity index (χ0n) is 23.6. The fourth-order valence-corrected chi connectivity index (χ4v) is 6.88. The minimum Gasteiger partial charge on any atom is -0.452 e. The Labute approximate surface area is 244 Å². The smallest absolute Gasteiger partial charge is 0.308 e. The summed E-state index contributed by atoms with van der Waals surface area (Å²) in [6.45, 7) is 3.31. The van der Waals surface area contributed by atoms with Crippen LogP contribution in [0, 0.1) is 6.92 Å². The third-order valence-corrected chi connectivity index (χ3v) is 9.48. The molecule has 0 fully saturated rings. The van der Waals surface area contributed by atoms with Gasteiger partial charge in [-0.15, -0.1) is 0 Å². The number of nitrogens with one attached hydrogen (secondary N) is 1. The number of para-hydroxylation sites is 1. The van der Waals surface area contributed by atoms with Gasteiger partial charge in [0.2, 0.25) is 10.0 Å². The van der Waals surface area contributed by atoms with E-state index in [1.165, 1.54) is 28.0 Å². The fourth-order valence-electron chi connectivity index (χ4n) is 5.25. The van der Waals surface area contributed by atoms with Crippen LogP contribution >= 0.6 is 0 Å². The average Bonchev–Trinajstić information content (AvgIpc) is 3.20. The van der Waals surface area contributed by atoms with Gasteiger partial charge in [-0.05, 0) is 55.7 Å². The van der Waals surface area contributed by atoms with Gasteiger partial charge in [0.1, 0.15) is 5.69 Å². The molecule has 5 rings (SSSR count). The van der Waals surface area contributed by atoms with Gasteiger partial charge < -0.3 is 10.1 Å². The van der Waals surface area contributed by atoms with Crippen LogP contribution in [0.5, 0.6) is 0 Å². The summed E-state index contributed by atoms with van der Waals surface area (Å²) in [6, 6.07) is 23.7. The van der Waals surface area contributed by atoms with E-state index in [1.54, 1.807) is 67.2 Å². The average molecular weight is 589 g/mol. The molecule has 4 aromatic rings. The van der Waals surface area contributed by atoms with Crippen LogP contribution in [-0.4, -0.2) is 46.6 Å². The zero-order valence-corrected chi connectivity index (χ0v) is 24.4. The first-order chi connectivity index (χ1) is 20.1. The number of ether oxygens (including phenoxy) is 1. The Balaban J connectivity index is 1.34. The predicted molar refractivity (Wildman–Crippen MR) is 158 cm³/mol. The van der Waals surface area contributed by atoms with Gasteiger partial charge in [-0.2, -0.15) is 4.31 Å². The van der Waals surface area contributed by atoms with Crippen molar-refractivity contribution in [3.05, 3.63) is 112 Å². The topological polar surface area (TPSA) is 120 Å². The van der Waals surface area contributed by atoms with Gasteiger partial charge in [0.05, 0.1) is 28.7 Å². The molecule has 0 saturated heterocycles. The highest BCUT2D eigenvalue weighted by Crippen LogP contribution is 2.36. The highest BCUT2D eigenvalue weighted by molar-refractivity contribution is 7.89. The summed E-state index contributed by atoms with van der Waals surface area (Å²) in [5.41, 5.74) is 2.49. The first-order valence-corrected chi connectivity index (χ1v) is 15.0. The number of anilines is 1. The quantitative estimate of drug-likeness (QED) is 0.313. The second kappa shape index (κ2) is 11.8. The van der Waals surface area contributed by atoms with Gasteiger partial charge in [-0.3, -0.25) is 19.1 Å². The van der Waals surface area contributed by atoms with Gasteiger partial charge in [-0.1, -0.05) is 60.7 Å². The summed E-state index contributed by atoms with van der Waals surface area (Å²) < 4.78 is 37.1. The summed E-state index contributed by atoms with van der Waals surface area (Å²) in [4.78, 5) is 39.5. The van der Waals surface area contributed by atoms with E-state index >= 15 is 0 Å². The maximum atomic E-state index is 13.6. The molecule has 0 radical (unpaired) electrons. The molecule has 0 bridgehead atoms. The Bertz CT molecular complexity index is 1780. The van der Waals surface area contributed by atoms with Crippen molar-refractivity contribution in [1.82, 2.24) is 13.7 Å². The van der Waals surface area contributed by atoms with E-state index in [2.05, 4.69) is 5.32 Å². The van der Waals surface area contributed by atoms with E-state index < -0.39 is 39.6 Å². The number of carbonyl (C=O) groups is 2. The summed E-state index contributed by atoms with van der Waals surface area (Å²) in [6.07, 6.45) is -1.02. The van der Waals surface area contributed by atoms with E-state index in [0.717, 1.165) is 11.1 Å². The third-order valence-electron chi connectivity index (χ3n) is 7.55. The van der Waals surface area contributed by atoms with Crippen molar-refractivity contribution in [3.8, 4) is 5.69 Å². The van der Waals surface area contributed by atoms with E-state index in [9.17, 15) is 22.8 Å². The first-order valence-electron chi connectivity index (χ1n) is 13.6. The van der Waals surface area contributed by atoms with Crippen LogP contribution in [0.2, 0.25) is 0 Å². The molecule has 218 valence electrons.